The first kappa shape index (κ1) is 14.8. The van der Waals surface area contributed by atoms with Crippen molar-refractivity contribution in [1.82, 2.24) is 9.62 Å². The van der Waals surface area contributed by atoms with Gasteiger partial charge in [-0.3, -0.25) is 9.08 Å². The van der Waals surface area contributed by atoms with Gasteiger partial charge in [-0.1, -0.05) is 0 Å². The highest BCUT2D eigenvalue weighted by molar-refractivity contribution is 7.84. The van der Waals surface area contributed by atoms with Crippen LogP contribution in [0.15, 0.2) is 0 Å². The summed E-state index contributed by atoms with van der Waals surface area (Å²) in [4.78, 5) is 1.73. The Morgan fingerprint density at radius 2 is 1.73 bits per heavy atom. The molecule has 0 amide bonds. The van der Waals surface area contributed by atoms with Crippen molar-refractivity contribution in [2.75, 3.05) is 46.5 Å². The average molecular weight is 242 g/mol. The quantitative estimate of drug-likeness (QED) is 0.422. The molecule has 0 saturated carbocycles. The van der Waals surface area contributed by atoms with Gasteiger partial charge in [0.2, 0.25) is 0 Å². The summed E-state index contributed by atoms with van der Waals surface area (Å²) >= 11 is 0. The second-order valence-electron chi connectivity index (χ2n) is 2.80. The minimum atomic E-state index is -3.65. The Hall–Kier alpha value is -0.250. The molecule has 0 bridgehead atoms. The molecule has 7 nitrogen and oxygen atoms in total. The van der Waals surface area contributed by atoms with Gasteiger partial charge in [-0.15, -0.1) is 0 Å². The highest BCUT2D eigenvalue weighted by Crippen LogP contribution is 1.87. The summed E-state index contributed by atoms with van der Waals surface area (Å²) in [5.41, 5.74) is 0. The molecular weight excluding hydrogens is 224 g/mol. The van der Waals surface area contributed by atoms with E-state index in [1.54, 1.807) is 4.90 Å². The van der Waals surface area contributed by atoms with Crippen molar-refractivity contribution in [2.45, 2.75) is 0 Å². The molecule has 0 aliphatic carbocycles. The molecule has 92 valence electrons. The predicted octanol–water partition coefficient (Wildman–Crippen LogP) is -2.25. The van der Waals surface area contributed by atoms with Crippen molar-refractivity contribution >= 4 is 10.3 Å². The van der Waals surface area contributed by atoms with Crippen LogP contribution in [0.25, 0.3) is 0 Å². The van der Waals surface area contributed by atoms with Crippen molar-refractivity contribution in [3.05, 3.63) is 0 Å². The number of nitrogens with one attached hydrogen (secondary N) is 1. The third-order valence-corrected chi connectivity index (χ3v) is 2.76. The Kier molecular flexibility index (Phi) is 7.83. The molecule has 0 aromatic rings. The molecule has 0 saturated heterocycles. The number of hydrogen-bond acceptors (Lipinski definition) is 6. The van der Waals surface area contributed by atoms with E-state index in [9.17, 15) is 8.42 Å². The van der Waals surface area contributed by atoms with Crippen molar-refractivity contribution in [2.24, 2.45) is 0 Å². The lowest BCUT2D eigenvalue weighted by atomic mass is 10.4. The van der Waals surface area contributed by atoms with Crippen LogP contribution in [0.2, 0.25) is 0 Å². The van der Waals surface area contributed by atoms with Crippen LogP contribution in [0.5, 0.6) is 0 Å². The van der Waals surface area contributed by atoms with E-state index < -0.39 is 10.3 Å². The van der Waals surface area contributed by atoms with E-state index in [0.717, 1.165) is 7.11 Å². The van der Waals surface area contributed by atoms with Crippen LogP contribution in [-0.2, 0) is 14.5 Å². The van der Waals surface area contributed by atoms with Gasteiger partial charge in [0, 0.05) is 26.2 Å². The Morgan fingerprint density at radius 3 is 2.13 bits per heavy atom. The predicted molar refractivity (Wildman–Crippen MR) is 54.5 cm³/mol. The molecule has 0 atom stereocenters. The summed E-state index contributed by atoms with van der Waals surface area (Å²) in [7, 11) is -2.58. The molecule has 0 fully saturated rings. The minimum absolute atomic E-state index is 0.0307. The van der Waals surface area contributed by atoms with Crippen molar-refractivity contribution in [1.29, 1.82) is 0 Å². The molecule has 0 heterocycles. The van der Waals surface area contributed by atoms with E-state index in [2.05, 4.69) is 8.91 Å². The first-order chi connectivity index (χ1) is 7.05. The van der Waals surface area contributed by atoms with E-state index >= 15 is 0 Å². The van der Waals surface area contributed by atoms with Gasteiger partial charge in [-0.05, 0) is 0 Å². The van der Waals surface area contributed by atoms with E-state index in [0.29, 0.717) is 19.6 Å². The highest BCUT2D eigenvalue weighted by Gasteiger charge is 2.08. The van der Waals surface area contributed by atoms with E-state index in [4.69, 9.17) is 10.2 Å². The van der Waals surface area contributed by atoms with Gasteiger partial charge in [0.05, 0.1) is 20.3 Å². The van der Waals surface area contributed by atoms with Crippen LogP contribution in [0.1, 0.15) is 0 Å². The maximum absolute atomic E-state index is 10.8. The summed E-state index contributed by atoms with van der Waals surface area (Å²) in [5.74, 6) is 0. The molecule has 0 unspecified atom stereocenters. The van der Waals surface area contributed by atoms with Gasteiger partial charge < -0.3 is 10.2 Å². The van der Waals surface area contributed by atoms with Crippen molar-refractivity contribution < 1.29 is 22.8 Å². The monoisotopic (exact) mass is 242 g/mol. The Bertz CT molecular complexity index is 238. The average Bonchev–Trinajstić information content (AvgIpc) is 2.18. The molecule has 0 aliphatic heterocycles. The van der Waals surface area contributed by atoms with Crippen molar-refractivity contribution in [3.8, 4) is 0 Å². The lowest BCUT2D eigenvalue weighted by Crippen LogP contribution is -2.38. The molecule has 0 rings (SSSR count). The minimum Gasteiger partial charge on any atom is -0.395 e. The van der Waals surface area contributed by atoms with Crippen LogP contribution >= 0.6 is 0 Å². The largest absolute Gasteiger partial charge is 0.395 e. The molecule has 8 heteroatoms. The van der Waals surface area contributed by atoms with E-state index in [1.165, 1.54) is 0 Å². The zero-order chi connectivity index (χ0) is 11.7. The topological polar surface area (TPSA) is 99.1 Å². The van der Waals surface area contributed by atoms with Gasteiger partial charge >= 0.3 is 10.3 Å². The van der Waals surface area contributed by atoms with Crippen LogP contribution in [0.3, 0.4) is 0 Å². The van der Waals surface area contributed by atoms with Crippen LogP contribution < -0.4 is 4.72 Å². The Balaban J connectivity index is 3.79. The van der Waals surface area contributed by atoms with Crippen LogP contribution in [0.4, 0.5) is 0 Å². The third-order valence-electron chi connectivity index (χ3n) is 1.76. The normalized spacial score (nSPS) is 12.3. The third kappa shape index (κ3) is 7.65. The fourth-order valence-electron chi connectivity index (χ4n) is 1.01. The highest BCUT2D eigenvalue weighted by atomic mass is 32.2. The maximum Gasteiger partial charge on any atom is 0.335 e. The lowest BCUT2D eigenvalue weighted by molar-refractivity contribution is 0.163. The molecule has 15 heavy (non-hydrogen) atoms. The number of aliphatic hydroxyl groups excluding tert-OH is 2. The van der Waals surface area contributed by atoms with Gasteiger partial charge in [0.15, 0.2) is 0 Å². The Labute approximate surface area is 89.9 Å². The van der Waals surface area contributed by atoms with Gasteiger partial charge in [0.25, 0.3) is 0 Å². The molecule has 0 aliphatic rings. The number of rotatable bonds is 9. The second kappa shape index (κ2) is 7.97. The summed E-state index contributed by atoms with van der Waals surface area (Å²) in [5, 5.41) is 17.4. The van der Waals surface area contributed by atoms with E-state index in [1.807, 2.05) is 0 Å². The lowest BCUT2D eigenvalue weighted by Gasteiger charge is -2.19. The first-order valence-electron chi connectivity index (χ1n) is 4.55. The number of nitrogens with zero attached hydrogens (tertiary/aromatic N) is 1. The summed E-state index contributed by atoms with van der Waals surface area (Å²) in [6.07, 6.45) is 0. The Morgan fingerprint density at radius 1 is 1.20 bits per heavy atom. The molecule has 0 radical (unpaired) electrons. The van der Waals surface area contributed by atoms with Crippen LogP contribution in [-0.4, -0.2) is 70.0 Å². The maximum atomic E-state index is 10.8. The fourth-order valence-corrected chi connectivity index (χ4v) is 1.47. The van der Waals surface area contributed by atoms with E-state index in [-0.39, 0.29) is 19.8 Å². The number of hydrogen-bond donors (Lipinski definition) is 3. The second-order valence-corrected chi connectivity index (χ2v) is 4.33. The molecule has 0 aromatic carbocycles. The van der Waals surface area contributed by atoms with Crippen LogP contribution in [0, 0.1) is 0 Å². The SMILES string of the molecule is COS(=O)(=O)NCCN(CCO)CCO. The van der Waals surface area contributed by atoms with Gasteiger partial charge in [-0.25, -0.2) is 0 Å². The zero-order valence-corrected chi connectivity index (χ0v) is 9.53. The van der Waals surface area contributed by atoms with Crippen molar-refractivity contribution in [3.63, 3.8) is 0 Å². The molecule has 0 spiro atoms. The van der Waals surface area contributed by atoms with Gasteiger partial charge in [-0.2, -0.15) is 13.1 Å². The summed E-state index contributed by atoms with van der Waals surface area (Å²) in [6.45, 7) is 1.32. The number of aliphatic hydroxyl groups is 2. The smallest absolute Gasteiger partial charge is 0.335 e. The molecule has 0 aromatic heterocycles. The molecule has 3 N–H and O–H groups in total. The first-order valence-corrected chi connectivity index (χ1v) is 5.96. The summed E-state index contributed by atoms with van der Waals surface area (Å²) in [6, 6.07) is 0. The summed E-state index contributed by atoms with van der Waals surface area (Å²) < 4.78 is 28.1. The zero-order valence-electron chi connectivity index (χ0n) is 8.72. The standard InChI is InChI=1S/C7H18N2O5S/c1-14-15(12,13)8-2-3-9(4-6-10)5-7-11/h8,10-11H,2-7H2,1H3. The van der Waals surface area contributed by atoms with Gasteiger partial charge in [0.1, 0.15) is 0 Å². The fraction of sp³-hybridized carbons (Fsp3) is 1.00. The molecular formula is C7H18N2O5S.